The summed E-state index contributed by atoms with van der Waals surface area (Å²) in [5.74, 6) is -0.729. The molecule has 4 nitrogen and oxygen atoms in total. The fourth-order valence-corrected chi connectivity index (χ4v) is 4.31. The molecule has 0 radical (unpaired) electrons. The van der Waals surface area contributed by atoms with E-state index in [1.807, 2.05) is 0 Å². The topological polar surface area (TPSA) is 48.4 Å². The first-order valence-corrected chi connectivity index (χ1v) is 11.6. The Balaban J connectivity index is 1.79. The Labute approximate surface area is 206 Å². The molecule has 0 fully saturated rings. The molecule has 0 spiro atoms. The summed E-state index contributed by atoms with van der Waals surface area (Å²) in [6.45, 7) is 3.48. The zero-order chi connectivity index (χ0) is 25.9. The van der Waals surface area contributed by atoms with E-state index in [1.165, 1.54) is 12.1 Å². The Hall–Kier alpha value is -3.68. The maximum absolute atomic E-state index is 14.1. The highest BCUT2D eigenvalue weighted by Gasteiger charge is 2.32. The number of aromatic nitrogens is 1. The average molecular weight is 500 g/mol. The minimum atomic E-state index is -4.54. The van der Waals surface area contributed by atoms with E-state index >= 15 is 0 Å². The maximum Gasteiger partial charge on any atom is 0.416 e. The van der Waals surface area contributed by atoms with Crippen molar-refractivity contribution in [3.8, 4) is 5.75 Å². The highest BCUT2D eigenvalue weighted by Crippen LogP contribution is 2.45. The van der Waals surface area contributed by atoms with Gasteiger partial charge in [0.25, 0.3) is 0 Å². The molecule has 1 aromatic heterocycles. The zero-order valence-electron chi connectivity index (χ0n) is 19.9. The Kier molecular flexibility index (Phi) is 7.43. The summed E-state index contributed by atoms with van der Waals surface area (Å²) in [5, 5.41) is 0. The van der Waals surface area contributed by atoms with Crippen LogP contribution in [0.3, 0.4) is 0 Å². The number of ether oxygens (including phenoxy) is 2. The van der Waals surface area contributed by atoms with Crippen molar-refractivity contribution in [1.29, 1.82) is 0 Å². The average Bonchev–Trinajstić information content (AvgIpc) is 3.33. The molecule has 0 aliphatic heterocycles. The molecule has 0 bridgehead atoms. The van der Waals surface area contributed by atoms with Gasteiger partial charge in [-0.3, -0.25) is 4.98 Å². The van der Waals surface area contributed by atoms with E-state index in [0.717, 1.165) is 24.1 Å². The van der Waals surface area contributed by atoms with Crippen molar-refractivity contribution in [2.45, 2.75) is 45.9 Å². The number of hydrogen-bond acceptors (Lipinski definition) is 4. The highest BCUT2D eigenvalue weighted by atomic mass is 19.4. The lowest BCUT2D eigenvalue weighted by Crippen LogP contribution is -2.09. The first-order valence-electron chi connectivity index (χ1n) is 11.6. The maximum atomic E-state index is 14.1. The number of allylic oxidation sites excluding steroid dienone is 2. The molecular weight excluding hydrogens is 474 g/mol. The summed E-state index contributed by atoms with van der Waals surface area (Å²) in [6, 6.07) is 11.1. The van der Waals surface area contributed by atoms with Crippen LogP contribution >= 0.6 is 0 Å². The van der Waals surface area contributed by atoms with Crippen LogP contribution in [0.2, 0.25) is 0 Å². The van der Waals surface area contributed by atoms with Crippen LogP contribution in [0.5, 0.6) is 5.75 Å². The van der Waals surface area contributed by atoms with Crippen molar-refractivity contribution in [3.63, 3.8) is 0 Å². The third-order valence-corrected chi connectivity index (χ3v) is 6.12. The fourth-order valence-electron chi connectivity index (χ4n) is 4.31. The molecular formula is C28H25F4NO3. The van der Waals surface area contributed by atoms with Gasteiger partial charge in [-0.05, 0) is 80.2 Å². The summed E-state index contributed by atoms with van der Waals surface area (Å²) in [5.41, 5.74) is 2.74. The molecule has 3 aromatic rings. The predicted molar refractivity (Wildman–Crippen MR) is 128 cm³/mol. The molecule has 0 unspecified atom stereocenters. The predicted octanol–water partition coefficient (Wildman–Crippen LogP) is 7.40. The number of alkyl halides is 3. The quantitative estimate of drug-likeness (QED) is 0.251. The molecule has 0 saturated carbocycles. The van der Waals surface area contributed by atoms with Crippen molar-refractivity contribution in [3.05, 3.63) is 94.1 Å². The molecule has 0 N–H and O–H groups in total. The lowest BCUT2D eigenvalue weighted by Gasteiger charge is -2.17. The van der Waals surface area contributed by atoms with Crippen molar-refractivity contribution in [2.75, 3.05) is 6.61 Å². The van der Waals surface area contributed by atoms with E-state index in [-0.39, 0.29) is 19.0 Å². The van der Waals surface area contributed by atoms with E-state index in [1.54, 1.807) is 44.3 Å². The van der Waals surface area contributed by atoms with Crippen LogP contribution in [0.25, 0.3) is 11.1 Å². The summed E-state index contributed by atoms with van der Waals surface area (Å²) in [7, 11) is 0. The van der Waals surface area contributed by atoms with E-state index < -0.39 is 23.5 Å². The van der Waals surface area contributed by atoms with E-state index in [4.69, 9.17) is 9.47 Å². The van der Waals surface area contributed by atoms with Crippen LogP contribution in [-0.4, -0.2) is 17.6 Å². The molecule has 36 heavy (non-hydrogen) atoms. The normalized spacial score (nSPS) is 13.7. The Bertz CT molecular complexity index is 1310. The zero-order valence-corrected chi connectivity index (χ0v) is 19.9. The number of esters is 1. The van der Waals surface area contributed by atoms with Gasteiger partial charge >= 0.3 is 12.1 Å². The van der Waals surface area contributed by atoms with E-state index in [2.05, 4.69) is 4.98 Å². The number of nitrogens with zero attached hydrogens (tertiary/aromatic N) is 1. The van der Waals surface area contributed by atoms with Gasteiger partial charge in [-0.2, -0.15) is 13.2 Å². The van der Waals surface area contributed by atoms with Gasteiger partial charge in [-0.1, -0.05) is 18.2 Å². The summed E-state index contributed by atoms with van der Waals surface area (Å²) in [6.07, 6.45) is -1.08. The van der Waals surface area contributed by atoms with Crippen LogP contribution in [0.1, 0.15) is 64.5 Å². The Morgan fingerprint density at radius 1 is 1.06 bits per heavy atom. The first kappa shape index (κ1) is 25.4. The lowest BCUT2D eigenvalue weighted by molar-refractivity contribution is -0.137. The minimum absolute atomic E-state index is 0.132. The largest absolute Gasteiger partial charge is 0.488 e. The van der Waals surface area contributed by atoms with Crippen LogP contribution < -0.4 is 4.74 Å². The standard InChI is InChI=1S/C28H25F4NO3/c1-3-35-27(34)23-13-19(15-33-17(23)2)21-8-6-9-22(21)24-14-20(28(30,31)32)11-12-26(24)36-16-18-7-4-5-10-25(18)29/h4-5,7,10-15H,3,6,8-9,16H2,1-2H3. The third kappa shape index (κ3) is 5.42. The van der Waals surface area contributed by atoms with Crippen molar-refractivity contribution >= 4 is 17.1 Å². The molecule has 1 aliphatic rings. The Morgan fingerprint density at radius 3 is 2.53 bits per heavy atom. The second-order valence-corrected chi connectivity index (χ2v) is 8.48. The van der Waals surface area contributed by atoms with Crippen LogP contribution in [0.4, 0.5) is 17.6 Å². The van der Waals surface area contributed by atoms with Gasteiger partial charge in [0.15, 0.2) is 0 Å². The minimum Gasteiger partial charge on any atom is -0.488 e. The molecule has 8 heteroatoms. The summed E-state index contributed by atoms with van der Waals surface area (Å²) >= 11 is 0. The number of hydrogen-bond donors (Lipinski definition) is 0. The van der Waals surface area contributed by atoms with E-state index in [0.29, 0.717) is 46.4 Å². The van der Waals surface area contributed by atoms with Crippen molar-refractivity contribution in [2.24, 2.45) is 0 Å². The number of aryl methyl sites for hydroxylation is 1. The van der Waals surface area contributed by atoms with Gasteiger partial charge in [0.05, 0.1) is 23.4 Å². The van der Waals surface area contributed by atoms with Crippen LogP contribution in [0.15, 0.2) is 54.7 Å². The van der Waals surface area contributed by atoms with Gasteiger partial charge < -0.3 is 9.47 Å². The van der Waals surface area contributed by atoms with Gasteiger partial charge in [0.2, 0.25) is 0 Å². The Morgan fingerprint density at radius 2 is 1.81 bits per heavy atom. The summed E-state index contributed by atoms with van der Waals surface area (Å²) < 4.78 is 65.9. The van der Waals surface area contributed by atoms with Gasteiger partial charge in [-0.25, -0.2) is 9.18 Å². The number of carbonyl (C=O) groups excluding carboxylic acids is 1. The van der Waals surface area contributed by atoms with Crippen LogP contribution in [0, 0.1) is 12.7 Å². The monoisotopic (exact) mass is 499 g/mol. The molecule has 0 atom stereocenters. The molecule has 2 aromatic carbocycles. The first-order chi connectivity index (χ1) is 17.2. The molecule has 1 aliphatic carbocycles. The fraction of sp³-hybridized carbons (Fsp3) is 0.286. The number of rotatable bonds is 7. The smallest absolute Gasteiger partial charge is 0.416 e. The number of benzene rings is 2. The van der Waals surface area contributed by atoms with Crippen LogP contribution in [-0.2, 0) is 17.5 Å². The van der Waals surface area contributed by atoms with Crippen molar-refractivity contribution in [1.82, 2.24) is 4.98 Å². The van der Waals surface area contributed by atoms with Gasteiger partial charge in [0.1, 0.15) is 18.2 Å². The SMILES string of the molecule is CCOC(=O)c1cc(C2=C(c3cc(C(F)(F)F)ccc3OCc3ccccc3F)CCC2)cnc1C. The molecule has 4 rings (SSSR count). The molecule has 188 valence electrons. The van der Waals surface area contributed by atoms with Gasteiger partial charge in [-0.15, -0.1) is 0 Å². The number of pyridine rings is 1. The third-order valence-electron chi connectivity index (χ3n) is 6.12. The molecule has 1 heterocycles. The number of carbonyl (C=O) groups is 1. The van der Waals surface area contributed by atoms with E-state index in [9.17, 15) is 22.4 Å². The molecule has 0 amide bonds. The van der Waals surface area contributed by atoms with Crippen molar-refractivity contribution < 1.29 is 31.8 Å². The lowest BCUT2D eigenvalue weighted by atomic mass is 9.94. The molecule has 0 saturated heterocycles. The second-order valence-electron chi connectivity index (χ2n) is 8.48. The highest BCUT2D eigenvalue weighted by molar-refractivity contribution is 5.97. The number of halogens is 4. The summed E-state index contributed by atoms with van der Waals surface area (Å²) in [4.78, 5) is 16.7. The second kappa shape index (κ2) is 10.5. The van der Waals surface area contributed by atoms with Gasteiger partial charge in [0, 0.05) is 17.3 Å².